The summed E-state index contributed by atoms with van der Waals surface area (Å²) >= 11 is 0. The van der Waals surface area contributed by atoms with E-state index < -0.39 is 0 Å². The molecule has 1 heterocycles. The lowest BCUT2D eigenvalue weighted by Gasteiger charge is -2.25. The molecular formula is C13H27NO. The Kier molecular flexibility index (Phi) is 7.03. The van der Waals surface area contributed by atoms with E-state index in [1.807, 2.05) is 0 Å². The molecule has 15 heavy (non-hydrogen) atoms. The standard InChI is InChI=1S/C13H27NO/c1-3-5-6-12(4-2)11-14-13-7-9-15-10-8-13/h12-14H,3-11H2,1-2H3/t12-/m0/s1. The van der Waals surface area contributed by atoms with Gasteiger partial charge in [0.1, 0.15) is 0 Å². The van der Waals surface area contributed by atoms with Gasteiger partial charge < -0.3 is 10.1 Å². The van der Waals surface area contributed by atoms with E-state index in [0.29, 0.717) is 0 Å². The maximum absolute atomic E-state index is 5.36. The van der Waals surface area contributed by atoms with Gasteiger partial charge in [-0.3, -0.25) is 0 Å². The van der Waals surface area contributed by atoms with Gasteiger partial charge in [-0.05, 0) is 31.7 Å². The number of unbranched alkanes of at least 4 members (excludes halogenated alkanes) is 1. The molecular weight excluding hydrogens is 186 g/mol. The van der Waals surface area contributed by atoms with E-state index in [2.05, 4.69) is 19.2 Å². The van der Waals surface area contributed by atoms with Crippen LogP contribution in [0.1, 0.15) is 52.4 Å². The predicted octanol–water partition coefficient (Wildman–Crippen LogP) is 2.97. The molecule has 2 heteroatoms. The minimum atomic E-state index is 0.717. The lowest BCUT2D eigenvalue weighted by molar-refractivity contribution is 0.0767. The molecule has 1 fully saturated rings. The third-order valence-electron chi connectivity index (χ3n) is 3.46. The molecule has 0 radical (unpaired) electrons. The van der Waals surface area contributed by atoms with Crippen molar-refractivity contribution in [3.05, 3.63) is 0 Å². The van der Waals surface area contributed by atoms with Crippen LogP contribution in [0.2, 0.25) is 0 Å². The van der Waals surface area contributed by atoms with E-state index in [4.69, 9.17) is 4.74 Å². The Morgan fingerprint density at radius 1 is 1.27 bits per heavy atom. The minimum Gasteiger partial charge on any atom is -0.381 e. The van der Waals surface area contributed by atoms with E-state index in [0.717, 1.165) is 25.2 Å². The molecule has 1 rings (SSSR count). The van der Waals surface area contributed by atoms with Crippen molar-refractivity contribution in [2.75, 3.05) is 19.8 Å². The highest BCUT2D eigenvalue weighted by Crippen LogP contribution is 2.13. The molecule has 0 bridgehead atoms. The number of rotatable bonds is 7. The Morgan fingerprint density at radius 3 is 2.60 bits per heavy atom. The van der Waals surface area contributed by atoms with E-state index in [9.17, 15) is 0 Å². The van der Waals surface area contributed by atoms with Gasteiger partial charge in [0.25, 0.3) is 0 Å². The summed E-state index contributed by atoms with van der Waals surface area (Å²) in [5.74, 6) is 0.882. The van der Waals surface area contributed by atoms with Crippen LogP contribution in [0, 0.1) is 5.92 Å². The number of nitrogens with one attached hydrogen (secondary N) is 1. The normalized spacial score (nSPS) is 20.4. The second-order valence-electron chi connectivity index (χ2n) is 4.71. The third kappa shape index (κ3) is 5.53. The van der Waals surface area contributed by atoms with Crippen LogP contribution in [-0.4, -0.2) is 25.8 Å². The summed E-state index contributed by atoms with van der Waals surface area (Å²) in [7, 11) is 0. The SMILES string of the molecule is CCCC[C@H](CC)CNC1CCOCC1. The lowest BCUT2D eigenvalue weighted by Crippen LogP contribution is -2.37. The number of hydrogen-bond acceptors (Lipinski definition) is 2. The van der Waals surface area contributed by atoms with Crippen LogP contribution in [0.4, 0.5) is 0 Å². The smallest absolute Gasteiger partial charge is 0.0480 e. The number of hydrogen-bond donors (Lipinski definition) is 1. The Morgan fingerprint density at radius 2 is 2.00 bits per heavy atom. The van der Waals surface area contributed by atoms with Gasteiger partial charge in [0.15, 0.2) is 0 Å². The highest BCUT2D eigenvalue weighted by Gasteiger charge is 2.14. The average molecular weight is 213 g/mol. The fraction of sp³-hybridized carbons (Fsp3) is 1.00. The molecule has 1 aliphatic rings. The molecule has 0 unspecified atom stereocenters. The Labute approximate surface area is 94.8 Å². The molecule has 0 saturated carbocycles. The van der Waals surface area contributed by atoms with E-state index >= 15 is 0 Å². The second kappa shape index (κ2) is 8.12. The van der Waals surface area contributed by atoms with Gasteiger partial charge in [-0.1, -0.05) is 33.1 Å². The van der Waals surface area contributed by atoms with Gasteiger partial charge in [0, 0.05) is 19.3 Å². The quantitative estimate of drug-likeness (QED) is 0.702. The summed E-state index contributed by atoms with van der Waals surface area (Å²) in [4.78, 5) is 0. The molecule has 1 aliphatic heterocycles. The molecule has 0 aromatic rings. The van der Waals surface area contributed by atoms with Crippen LogP contribution in [-0.2, 0) is 4.74 Å². The van der Waals surface area contributed by atoms with Crippen LogP contribution in [0.25, 0.3) is 0 Å². The van der Waals surface area contributed by atoms with E-state index in [-0.39, 0.29) is 0 Å². The Hall–Kier alpha value is -0.0800. The molecule has 0 aliphatic carbocycles. The Bertz CT molecular complexity index is 143. The van der Waals surface area contributed by atoms with Crippen LogP contribution < -0.4 is 5.32 Å². The van der Waals surface area contributed by atoms with Crippen molar-refractivity contribution in [2.24, 2.45) is 5.92 Å². The molecule has 2 nitrogen and oxygen atoms in total. The minimum absolute atomic E-state index is 0.717. The molecule has 0 amide bonds. The van der Waals surface area contributed by atoms with Crippen LogP contribution in [0.3, 0.4) is 0 Å². The molecule has 0 aromatic carbocycles. The highest BCUT2D eigenvalue weighted by atomic mass is 16.5. The summed E-state index contributed by atoms with van der Waals surface area (Å²) in [6.45, 7) is 7.69. The maximum atomic E-state index is 5.36. The monoisotopic (exact) mass is 213 g/mol. The molecule has 1 saturated heterocycles. The van der Waals surface area contributed by atoms with Gasteiger partial charge in [0.2, 0.25) is 0 Å². The van der Waals surface area contributed by atoms with Crippen LogP contribution in [0.15, 0.2) is 0 Å². The Balaban J connectivity index is 2.09. The first-order valence-electron chi connectivity index (χ1n) is 6.68. The number of ether oxygens (including phenoxy) is 1. The van der Waals surface area contributed by atoms with Crippen molar-refractivity contribution in [2.45, 2.75) is 58.4 Å². The van der Waals surface area contributed by atoms with Crippen molar-refractivity contribution in [3.8, 4) is 0 Å². The van der Waals surface area contributed by atoms with Gasteiger partial charge in [0.05, 0.1) is 0 Å². The largest absolute Gasteiger partial charge is 0.381 e. The van der Waals surface area contributed by atoms with Crippen molar-refractivity contribution >= 4 is 0 Å². The van der Waals surface area contributed by atoms with Crippen LogP contribution in [0.5, 0.6) is 0 Å². The highest BCUT2D eigenvalue weighted by molar-refractivity contribution is 4.72. The summed E-state index contributed by atoms with van der Waals surface area (Å²) in [5, 5.41) is 3.70. The zero-order valence-corrected chi connectivity index (χ0v) is 10.4. The summed E-state index contributed by atoms with van der Waals surface area (Å²) in [5.41, 5.74) is 0. The van der Waals surface area contributed by atoms with Gasteiger partial charge in [-0.2, -0.15) is 0 Å². The van der Waals surface area contributed by atoms with Crippen molar-refractivity contribution in [1.82, 2.24) is 5.32 Å². The zero-order valence-electron chi connectivity index (χ0n) is 10.4. The molecule has 0 spiro atoms. The van der Waals surface area contributed by atoms with Crippen molar-refractivity contribution in [3.63, 3.8) is 0 Å². The first-order chi connectivity index (χ1) is 7.36. The van der Waals surface area contributed by atoms with Gasteiger partial charge >= 0.3 is 0 Å². The first-order valence-corrected chi connectivity index (χ1v) is 6.68. The lowest BCUT2D eigenvalue weighted by atomic mass is 9.98. The van der Waals surface area contributed by atoms with Crippen molar-refractivity contribution in [1.29, 1.82) is 0 Å². The van der Waals surface area contributed by atoms with Gasteiger partial charge in [-0.25, -0.2) is 0 Å². The molecule has 1 N–H and O–H groups in total. The van der Waals surface area contributed by atoms with E-state index in [1.54, 1.807) is 0 Å². The second-order valence-corrected chi connectivity index (χ2v) is 4.71. The average Bonchev–Trinajstić information content (AvgIpc) is 2.31. The molecule has 0 aromatic heterocycles. The molecule has 90 valence electrons. The fourth-order valence-electron chi connectivity index (χ4n) is 2.18. The van der Waals surface area contributed by atoms with Crippen molar-refractivity contribution < 1.29 is 4.74 Å². The summed E-state index contributed by atoms with van der Waals surface area (Å²) < 4.78 is 5.36. The zero-order chi connectivity index (χ0) is 10.9. The van der Waals surface area contributed by atoms with Crippen LogP contribution >= 0.6 is 0 Å². The topological polar surface area (TPSA) is 21.3 Å². The summed E-state index contributed by atoms with van der Waals surface area (Å²) in [6.07, 6.45) is 7.82. The summed E-state index contributed by atoms with van der Waals surface area (Å²) in [6, 6.07) is 0.717. The van der Waals surface area contributed by atoms with E-state index in [1.165, 1.54) is 45.1 Å². The predicted molar refractivity (Wildman–Crippen MR) is 65.1 cm³/mol. The molecule has 1 atom stereocenters. The third-order valence-corrected chi connectivity index (χ3v) is 3.46. The first kappa shape index (κ1) is 13.0. The van der Waals surface area contributed by atoms with Gasteiger partial charge in [-0.15, -0.1) is 0 Å². The maximum Gasteiger partial charge on any atom is 0.0480 e. The fourth-order valence-corrected chi connectivity index (χ4v) is 2.18.